The van der Waals surface area contributed by atoms with Crippen LogP contribution in [0.2, 0.25) is 0 Å². The van der Waals surface area contributed by atoms with E-state index in [0.717, 1.165) is 10.0 Å². The largest absolute Gasteiger partial charge is 0.343 e. The van der Waals surface area contributed by atoms with Crippen molar-refractivity contribution in [3.63, 3.8) is 0 Å². The van der Waals surface area contributed by atoms with E-state index in [1.807, 2.05) is 0 Å². The highest BCUT2D eigenvalue weighted by Crippen LogP contribution is 2.10. The van der Waals surface area contributed by atoms with Crippen LogP contribution in [0.4, 0.5) is 0 Å². The number of likely N-dealkylation sites (N-methyl/N-ethyl adjacent to an activating group) is 1. The Bertz CT molecular complexity index is 610. The molecule has 0 saturated heterocycles. The van der Waals surface area contributed by atoms with E-state index in [2.05, 4.69) is 31.4 Å². The fourth-order valence-electron chi connectivity index (χ4n) is 1.72. The molecule has 2 rings (SSSR count). The third kappa shape index (κ3) is 4.42. The molecule has 0 unspecified atom stereocenters. The molecule has 0 spiro atoms. The van der Waals surface area contributed by atoms with Crippen molar-refractivity contribution in [3.8, 4) is 0 Å². The first-order valence-corrected chi connectivity index (χ1v) is 7.11. The predicted octanol–water partition coefficient (Wildman–Crippen LogP) is 1.56. The van der Waals surface area contributed by atoms with Crippen molar-refractivity contribution in [1.82, 2.24) is 20.4 Å². The Morgan fingerprint density at radius 1 is 1.33 bits per heavy atom. The first-order valence-electron chi connectivity index (χ1n) is 6.31. The highest BCUT2D eigenvalue weighted by molar-refractivity contribution is 9.10. The number of aromatic nitrogens is 2. The van der Waals surface area contributed by atoms with E-state index in [1.54, 1.807) is 43.7 Å². The summed E-state index contributed by atoms with van der Waals surface area (Å²) in [5.74, 6) is -0.436. The second kappa shape index (κ2) is 7.03. The SMILES string of the molecule is CN(Cc1cn[nH]c1)C(=O)CNC(=O)c1ccc(Br)cc1. The van der Waals surface area contributed by atoms with Crippen LogP contribution in [-0.4, -0.2) is 40.5 Å². The molecule has 0 bridgehead atoms. The molecule has 21 heavy (non-hydrogen) atoms. The van der Waals surface area contributed by atoms with Gasteiger partial charge in [0.2, 0.25) is 5.91 Å². The van der Waals surface area contributed by atoms with Crippen molar-refractivity contribution in [2.75, 3.05) is 13.6 Å². The Labute approximate surface area is 130 Å². The number of nitrogens with zero attached hydrogens (tertiary/aromatic N) is 2. The van der Waals surface area contributed by atoms with E-state index in [9.17, 15) is 9.59 Å². The fourth-order valence-corrected chi connectivity index (χ4v) is 1.98. The lowest BCUT2D eigenvalue weighted by atomic mass is 10.2. The van der Waals surface area contributed by atoms with Gasteiger partial charge in [0.15, 0.2) is 0 Å². The first-order chi connectivity index (χ1) is 10.1. The van der Waals surface area contributed by atoms with Crippen LogP contribution in [0, 0.1) is 0 Å². The van der Waals surface area contributed by atoms with Crippen molar-refractivity contribution in [2.24, 2.45) is 0 Å². The standard InChI is InChI=1S/C14H15BrN4O2/c1-19(9-10-6-17-18-7-10)13(20)8-16-14(21)11-2-4-12(15)5-3-11/h2-7H,8-9H2,1H3,(H,16,21)(H,17,18). The number of hydrogen-bond acceptors (Lipinski definition) is 3. The first kappa shape index (κ1) is 15.2. The van der Waals surface area contributed by atoms with Crippen LogP contribution in [-0.2, 0) is 11.3 Å². The minimum absolute atomic E-state index is 0.0384. The second-order valence-electron chi connectivity index (χ2n) is 4.55. The van der Waals surface area contributed by atoms with Crippen LogP contribution in [0.3, 0.4) is 0 Å². The lowest BCUT2D eigenvalue weighted by Gasteiger charge is -2.16. The van der Waals surface area contributed by atoms with E-state index in [0.29, 0.717) is 12.1 Å². The number of aromatic amines is 1. The molecule has 1 aromatic carbocycles. The van der Waals surface area contributed by atoms with Gasteiger partial charge in [0.1, 0.15) is 0 Å². The lowest BCUT2D eigenvalue weighted by molar-refractivity contribution is -0.129. The van der Waals surface area contributed by atoms with Crippen LogP contribution >= 0.6 is 15.9 Å². The number of amides is 2. The zero-order valence-corrected chi connectivity index (χ0v) is 13.1. The van der Waals surface area contributed by atoms with E-state index in [4.69, 9.17) is 0 Å². The third-order valence-electron chi connectivity index (χ3n) is 2.91. The summed E-state index contributed by atoms with van der Waals surface area (Å²) in [4.78, 5) is 25.4. The second-order valence-corrected chi connectivity index (χ2v) is 5.46. The molecule has 0 aliphatic heterocycles. The average Bonchev–Trinajstić information content (AvgIpc) is 2.98. The Hall–Kier alpha value is -2.15. The molecule has 2 aromatic rings. The molecule has 0 aliphatic carbocycles. The summed E-state index contributed by atoms with van der Waals surface area (Å²) in [6.07, 6.45) is 3.38. The monoisotopic (exact) mass is 350 g/mol. The van der Waals surface area contributed by atoms with E-state index >= 15 is 0 Å². The number of halogens is 1. The molecule has 0 fully saturated rings. The molecule has 6 nitrogen and oxygen atoms in total. The molecule has 7 heteroatoms. The number of carbonyl (C=O) groups is 2. The zero-order chi connectivity index (χ0) is 15.2. The van der Waals surface area contributed by atoms with E-state index in [1.165, 1.54) is 4.90 Å². The maximum atomic E-state index is 11.9. The minimum Gasteiger partial charge on any atom is -0.343 e. The quantitative estimate of drug-likeness (QED) is 0.858. The van der Waals surface area contributed by atoms with Crippen molar-refractivity contribution < 1.29 is 9.59 Å². The molecule has 110 valence electrons. The molecule has 2 amide bonds. The number of benzene rings is 1. The highest BCUT2D eigenvalue weighted by Gasteiger charge is 2.12. The number of H-pyrrole nitrogens is 1. The van der Waals surface area contributed by atoms with Gasteiger partial charge in [0, 0.05) is 35.4 Å². The highest BCUT2D eigenvalue weighted by atomic mass is 79.9. The molecule has 1 aromatic heterocycles. The van der Waals surface area contributed by atoms with Crippen LogP contribution in [0.5, 0.6) is 0 Å². The maximum absolute atomic E-state index is 11.9. The maximum Gasteiger partial charge on any atom is 0.251 e. The smallest absolute Gasteiger partial charge is 0.251 e. The average molecular weight is 351 g/mol. The van der Waals surface area contributed by atoms with Gasteiger partial charge in [0.05, 0.1) is 12.7 Å². The van der Waals surface area contributed by atoms with Crippen LogP contribution in [0.1, 0.15) is 15.9 Å². The van der Waals surface area contributed by atoms with Gasteiger partial charge in [-0.2, -0.15) is 5.10 Å². The number of nitrogens with one attached hydrogen (secondary N) is 2. The lowest BCUT2D eigenvalue weighted by Crippen LogP contribution is -2.37. The number of carbonyl (C=O) groups excluding carboxylic acids is 2. The Balaban J connectivity index is 1.83. The molecule has 0 aliphatic rings. The van der Waals surface area contributed by atoms with Crippen LogP contribution in [0.15, 0.2) is 41.1 Å². The summed E-state index contributed by atoms with van der Waals surface area (Å²) in [6.45, 7) is 0.409. The zero-order valence-electron chi connectivity index (χ0n) is 11.5. The Morgan fingerprint density at radius 2 is 2.05 bits per heavy atom. The molecular formula is C14H15BrN4O2. The van der Waals surface area contributed by atoms with Crippen LogP contribution in [0.25, 0.3) is 0 Å². The van der Waals surface area contributed by atoms with Crippen LogP contribution < -0.4 is 5.32 Å². The predicted molar refractivity (Wildman–Crippen MR) is 81.5 cm³/mol. The third-order valence-corrected chi connectivity index (χ3v) is 3.44. The van der Waals surface area contributed by atoms with E-state index in [-0.39, 0.29) is 18.4 Å². The van der Waals surface area contributed by atoms with E-state index < -0.39 is 0 Å². The normalized spacial score (nSPS) is 10.2. The van der Waals surface area contributed by atoms with Gasteiger partial charge < -0.3 is 10.2 Å². The minimum atomic E-state index is -0.271. The number of rotatable bonds is 5. The molecule has 0 saturated carbocycles. The van der Waals surface area contributed by atoms with Gasteiger partial charge in [0.25, 0.3) is 5.91 Å². The van der Waals surface area contributed by atoms with Crippen molar-refractivity contribution in [2.45, 2.75) is 6.54 Å². The Morgan fingerprint density at radius 3 is 2.67 bits per heavy atom. The summed E-state index contributed by atoms with van der Waals surface area (Å²) in [5, 5.41) is 9.12. The number of hydrogen-bond donors (Lipinski definition) is 2. The van der Waals surface area contributed by atoms with Gasteiger partial charge >= 0.3 is 0 Å². The van der Waals surface area contributed by atoms with Gasteiger partial charge in [-0.05, 0) is 24.3 Å². The fraction of sp³-hybridized carbons (Fsp3) is 0.214. The van der Waals surface area contributed by atoms with Gasteiger partial charge in [-0.15, -0.1) is 0 Å². The van der Waals surface area contributed by atoms with Crippen molar-refractivity contribution in [1.29, 1.82) is 0 Å². The van der Waals surface area contributed by atoms with Crippen molar-refractivity contribution >= 4 is 27.7 Å². The van der Waals surface area contributed by atoms with Crippen molar-refractivity contribution in [3.05, 3.63) is 52.3 Å². The molecular weight excluding hydrogens is 336 g/mol. The summed E-state index contributed by atoms with van der Waals surface area (Å²) in [5.41, 5.74) is 1.42. The Kier molecular flexibility index (Phi) is 5.10. The molecule has 0 radical (unpaired) electrons. The molecule has 0 atom stereocenters. The topological polar surface area (TPSA) is 78.1 Å². The van der Waals surface area contributed by atoms with Gasteiger partial charge in [-0.25, -0.2) is 0 Å². The summed E-state index contributed by atoms with van der Waals surface area (Å²) in [6, 6.07) is 6.95. The molecule has 1 heterocycles. The molecule has 2 N–H and O–H groups in total. The summed E-state index contributed by atoms with van der Waals surface area (Å²) < 4.78 is 0.898. The summed E-state index contributed by atoms with van der Waals surface area (Å²) >= 11 is 3.30. The van der Waals surface area contributed by atoms with Gasteiger partial charge in [-0.3, -0.25) is 14.7 Å². The summed E-state index contributed by atoms with van der Waals surface area (Å²) in [7, 11) is 1.68. The van der Waals surface area contributed by atoms with Gasteiger partial charge in [-0.1, -0.05) is 15.9 Å².